The van der Waals surface area contributed by atoms with Crippen molar-refractivity contribution in [2.24, 2.45) is 52.8 Å². The van der Waals surface area contributed by atoms with Crippen molar-refractivity contribution >= 4 is 17.2 Å². The van der Waals surface area contributed by atoms with Crippen LogP contribution in [0.2, 0.25) is 46.7 Å². The fraction of sp³-hybridized carbons (Fsp3) is 0.818. The zero-order chi connectivity index (χ0) is 33.2. The van der Waals surface area contributed by atoms with E-state index >= 15 is 0 Å². The first-order chi connectivity index (χ1) is 24.5. The Bertz CT molecular complexity index is 2350. The number of nitrogens with zero attached hydrogens (tertiary/aromatic N) is 4. The van der Waals surface area contributed by atoms with Gasteiger partial charge in [-0.05, 0) is 0 Å². The second kappa shape index (κ2) is 4.82. The first-order valence-electron chi connectivity index (χ1n) is 21.7. The van der Waals surface area contributed by atoms with Crippen molar-refractivity contribution in [3.8, 4) is 0 Å². The minimum atomic E-state index is -4.38. The van der Waals surface area contributed by atoms with E-state index in [1.165, 1.54) is 40.3 Å². The van der Waals surface area contributed by atoms with Crippen LogP contribution in [0.5, 0.6) is 0 Å². The third-order valence-electron chi connectivity index (χ3n) is 28.5. The molecule has 2 aromatic heterocycles. The van der Waals surface area contributed by atoms with Crippen LogP contribution in [0.15, 0.2) is 37.2 Å². The van der Waals surface area contributed by atoms with Gasteiger partial charge in [-0.2, -0.15) is 0 Å². The summed E-state index contributed by atoms with van der Waals surface area (Å²) >= 11 is 0. The van der Waals surface area contributed by atoms with E-state index < -0.39 is 6.51 Å². The number of hydrogen-bond acceptors (Lipinski definition) is 4. The van der Waals surface area contributed by atoms with Crippen molar-refractivity contribution in [1.82, 2.24) is 19.9 Å². The predicted octanol–water partition coefficient (Wildman–Crippen LogP) is 11.1. The topological polar surface area (TPSA) is 51.6 Å². The fourth-order valence-electron chi connectivity index (χ4n) is 32.1. The van der Waals surface area contributed by atoms with Gasteiger partial charge in [-0.15, -0.1) is 0 Å². The standard InChI is InChI=1S/C39H51N4P2.C5H5.Fe/c1-38(2,3)32-18-31(33(19-32)39(44,34-20-40-4-6-42-34)35-21-41-5-7-43-35)22-45(36-27-10-23-8-24(12-27)13-28(36)11-23)37-29-14-25-9-26(16-29)17-30(37)15-25;1-2-4-5-3-1;/h4-7,18-21,23-30,36-37H,8-17,22,44H2,1-3H3;1-5H;. The summed E-state index contributed by atoms with van der Waals surface area (Å²) in [6.07, 6.45) is 30.3. The summed E-state index contributed by atoms with van der Waals surface area (Å²) in [4.78, 5) is 28.9. The van der Waals surface area contributed by atoms with Crippen molar-refractivity contribution in [3.63, 3.8) is 0 Å². The quantitative estimate of drug-likeness (QED) is 0.208. The Morgan fingerprint density at radius 1 is 0.647 bits per heavy atom. The van der Waals surface area contributed by atoms with Crippen molar-refractivity contribution in [2.45, 2.75) is 148 Å². The van der Waals surface area contributed by atoms with Crippen molar-refractivity contribution in [2.75, 3.05) is 6.16 Å². The monoisotopic (exact) mass is 758 g/mol. The Morgan fingerprint density at radius 2 is 1.08 bits per heavy atom. The molecule has 51 heavy (non-hydrogen) atoms. The molecule has 0 N–H and O–H groups in total. The Kier molecular flexibility index (Phi) is 2.57. The summed E-state index contributed by atoms with van der Waals surface area (Å²) in [6, 6.07) is 0. The van der Waals surface area contributed by atoms with Gasteiger partial charge < -0.3 is 0 Å². The first-order valence-corrected chi connectivity index (χ1v) is 30.1. The summed E-state index contributed by atoms with van der Waals surface area (Å²) in [5, 5.41) is -0.215. The minimum absolute atomic E-state index is 0.0121. The molecule has 1 spiro atoms. The normalized spacial score (nSPS) is 73.4. The van der Waals surface area contributed by atoms with Crippen LogP contribution in [0.3, 0.4) is 0 Å². The van der Waals surface area contributed by atoms with Crippen LogP contribution in [0.25, 0.3) is 0 Å². The summed E-state index contributed by atoms with van der Waals surface area (Å²) in [6.45, 7) is 3.96. The van der Waals surface area contributed by atoms with E-state index in [4.69, 9.17) is 19.9 Å². The molecule has 0 aromatic carbocycles. The van der Waals surface area contributed by atoms with Gasteiger partial charge in [0.15, 0.2) is 0 Å². The Labute approximate surface area is 297 Å². The molecule has 12 heterocycles. The fourth-order valence-corrected chi connectivity index (χ4v) is 126. The van der Waals surface area contributed by atoms with Crippen LogP contribution in [0.4, 0.5) is 0 Å². The molecule has 20 rings (SSSR count). The molecule has 8 bridgehead atoms. The van der Waals surface area contributed by atoms with Gasteiger partial charge in [0.25, 0.3) is 0 Å². The van der Waals surface area contributed by atoms with Crippen LogP contribution in [0.1, 0.15) is 96.4 Å². The van der Waals surface area contributed by atoms with E-state index in [-0.39, 0.29) is 13.1 Å². The zero-order valence-corrected chi connectivity index (χ0v) is 33.9. The molecule has 8 saturated carbocycles. The van der Waals surface area contributed by atoms with E-state index in [0.717, 1.165) is 67.8 Å². The Morgan fingerprint density at radius 3 is 1.43 bits per heavy atom. The molecule has 7 heteroatoms. The predicted molar refractivity (Wildman–Crippen MR) is 202 cm³/mol. The SMILES string of the molecule is CC(C)(C)[C]12[CH]3[C]4(CP(C5C6CC7CC(C6)CC5C7)C5C6CC7CC(C6)CC5C7)[C]5(C(P)(c6cnccn6)c6cnccn6)[CH]1[Fe]34251678[CH]2[CH]1[CH]6[CH]7[CH]28. The van der Waals surface area contributed by atoms with E-state index in [9.17, 15) is 0 Å². The second-order valence-corrected chi connectivity index (χ2v) is 52.1. The van der Waals surface area contributed by atoms with E-state index in [2.05, 4.69) is 42.4 Å². The van der Waals surface area contributed by atoms with Crippen LogP contribution in [-0.2, 0) is 11.7 Å². The van der Waals surface area contributed by atoms with Gasteiger partial charge in [-0.1, -0.05) is 0 Å². The Hall–Kier alpha value is -0.461. The molecule has 8 aliphatic carbocycles. The zero-order valence-electron chi connectivity index (χ0n) is 30.7. The molecule has 10 aliphatic heterocycles. The van der Waals surface area contributed by atoms with Crippen LogP contribution < -0.4 is 0 Å². The molecule has 6 atom stereocenters. The summed E-state index contributed by atoms with van der Waals surface area (Å²) < 4.78 is 1.91. The number of hydrogen-bond donors (Lipinski definition) is 0. The van der Waals surface area contributed by atoms with E-state index in [0.29, 0.717) is 14.0 Å². The van der Waals surface area contributed by atoms with Gasteiger partial charge in [0, 0.05) is 0 Å². The van der Waals surface area contributed by atoms with Gasteiger partial charge in [-0.25, -0.2) is 0 Å². The van der Waals surface area contributed by atoms with Gasteiger partial charge >= 0.3 is 299 Å². The molecular formula is C44H56FeN4P2. The summed E-state index contributed by atoms with van der Waals surface area (Å²) in [5.41, 5.74) is 5.18. The molecular weight excluding hydrogens is 702 g/mol. The van der Waals surface area contributed by atoms with Crippen LogP contribution in [-0.4, -0.2) is 37.4 Å². The van der Waals surface area contributed by atoms with E-state index in [1.54, 1.807) is 70.4 Å². The molecule has 18 fully saturated rings. The van der Waals surface area contributed by atoms with Gasteiger partial charge in [0.1, 0.15) is 0 Å². The molecule has 4 nitrogen and oxygen atoms in total. The maximum absolute atomic E-state index is 5.39. The number of fused-ring (bicyclic) bond motifs is 10. The first kappa shape index (κ1) is 27.2. The molecule has 0 amide bonds. The van der Waals surface area contributed by atoms with Gasteiger partial charge in [0.05, 0.1) is 0 Å². The van der Waals surface area contributed by atoms with Crippen molar-refractivity contribution in [3.05, 3.63) is 48.6 Å². The second-order valence-electron chi connectivity index (χ2n) is 25.8. The Balaban J connectivity index is 0.925. The summed E-state index contributed by atoms with van der Waals surface area (Å²) in [5.74, 6) is 8.72. The van der Waals surface area contributed by atoms with Crippen molar-refractivity contribution in [1.29, 1.82) is 0 Å². The summed E-state index contributed by atoms with van der Waals surface area (Å²) in [7, 11) is 3.73. The van der Waals surface area contributed by atoms with E-state index in [1.807, 2.05) is 24.8 Å². The van der Waals surface area contributed by atoms with Gasteiger partial charge in [0.2, 0.25) is 0 Å². The average molecular weight is 759 g/mol. The molecule has 2 aromatic rings. The third-order valence-corrected chi connectivity index (χ3v) is 78.6. The number of aromatic nitrogens is 4. The molecule has 6 unspecified atom stereocenters. The number of rotatable bonds is 7. The van der Waals surface area contributed by atoms with Gasteiger partial charge in [-0.3, -0.25) is 0 Å². The molecule has 10 saturated heterocycles. The maximum atomic E-state index is 5.39. The molecule has 18 aliphatic rings. The van der Waals surface area contributed by atoms with Crippen LogP contribution >= 0.6 is 17.2 Å². The van der Waals surface area contributed by atoms with Crippen LogP contribution in [0, 0.1) is 52.8 Å². The average Bonchev–Trinajstić information content (AvgIpc) is 4.06. The third kappa shape index (κ3) is 0.891. The molecule has 0 radical (unpaired) electrons. The van der Waals surface area contributed by atoms with Crippen molar-refractivity contribution < 1.29 is 6.51 Å². The molecule has 270 valence electrons.